The van der Waals surface area contributed by atoms with E-state index in [9.17, 15) is 0 Å². The van der Waals surface area contributed by atoms with Gasteiger partial charge in [0.2, 0.25) is 5.31 Å². The topological polar surface area (TPSA) is 0 Å². The highest BCUT2D eigenvalue weighted by atomic mass is 79.9. The van der Waals surface area contributed by atoms with Crippen molar-refractivity contribution in [1.82, 2.24) is 0 Å². The van der Waals surface area contributed by atoms with Crippen LogP contribution in [0.2, 0.25) is 11.6 Å². The summed E-state index contributed by atoms with van der Waals surface area (Å²) < 4.78 is 0. The predicted molar refractivity (Wildman–Crippen MR) is 49.2 cm³/mol. The van der Waals surface area contributed by atoms with E-state index in [1.54, 1.807) is 0 Å². The summed E-state index contributed by atoms with van der Waals surface area (Å²) in [4.78, 5) is 0. The van der Waals surface area contributed by atoms with Crippen LogP contribution in [0.1, 0.15) is 20.8 Å². The molecule has 0 unspecified atom stereocenters. The van der Waals surface area contributed by atoms with Gasteiger partial charge >= 0.3 is 0 Å². The van der Waals surface area contributed by atoms with Crippen LogP contribution in [0.15, 0.2) is 0 Å². The molecule has 8 heavy (non-hydrogen) atoms. The molecule has 0 aromatic rings. The van der Waals surface area contributed by atoms with E-state index in [1.165, 1.54) is 0 Å². The summed E-state index contributed by atoms with van der Waals surface area (Å²) in [6.45, 7) is 8.96. The molecule has 0 N–H and O–H groups in total. The Morgan fingerprint density at radius 3 is 1.25 bits per heavy atom. The Kier molecular flexibility index (Phi) is 2.78. The predicted octanol–water partition coefficient (Wildman–Crippen LogP) is 3.65. The first kappa shape index (κ1) is 9.18. The van der Waals surface area contributed by atoms with Gasteiger partial charge < -0.3 is 0 Å². The number of hydrogen-bond acceptors (Lipinski definition) is 0. The van der Waals surface area contributed by atoms with Crippen LogP contribution in [-0.4, -0.2) is 5.31 Å². The first-order valence-corrected chi connectivity index (χ1v) is 9.64. The summed E-state index contributed by atoms with van der Waals surface area (Å²) >= 11 is 7.31. The molecule has 0 bridgehead atoms. The largest absolute Gasteiger partial charge is 0.203 e. The second-order valence-corrected chi connectivity index (χ2v) is 19.1. The average Bonchev–Trinajstić information content (AvgIpc) is 1.25. The van der Waals surface area contributed by atoms with E-state index in [0.29, 0.717) is 5.04 Å². The summed E-state index contributed by atoms with van der Waals surface area (Å²) in [7, 11) is 0. The van der Waals surface area contributed by atoms with Gasteiger partial charge in [-0.15, -0.1) is 30.6 Å². The average molecular weight is 260 g/mol. The lowest BCUT2D eigenvalue weighted by molar-refractivity contribution is 0.749. The molecule has 0 fully saturated rings. The van der Waals surface area contributed by atoms with Gasteiger partial charge in [-0.05, 0) is 11.6 Å². The van der Waals surface area contributed by atoms with Gasteiger partial charge in [-0.1, -0.05) is 20.8 Å². The fourth-order valence-electron chi connectivity index (χ4n) is 0. The van der Waals surface area contributed by atoms with E-state index in [2.05, 4.69) is 57.9 Å². The molecule has 0 rings (SSSR count). The zero-order valence-corrected chi connectivity index (χ0v) is 9.93. The van der Waals surface area contributed by atoms with Crippen molar-refractivity contribution in [3.63, 3.8) is 0 Å². The van der Waals surface area contributed by atoms with Crippen LogP contribution in [0.4, 0.5) is 0 Å². The van der Waals surface area contributed by atoms with Crippen LogP contribution in [0.25, 0.3) is 0 Å². The van der Waals surface area contributed by atoms with Gasteiger partial charge in [-0.2, -0.15) is 0 Å². The maximum Gasteiger partial charge on any atom is 0.203 e. The van der Waals surface area contributed by atoms with Crippen molar-refractivity contribution in [3.05, 3.63) is 0 Å². The highest BCUT2D eigenvalue weighted by Gasteiger charge is 2.34. The van der Waals surface area contributed by atoms with Gasteiger partial charge in [0.15, 0.2) is 0 Å². The Bertz CT molecular complexity index is 65.4. The maximum atomic E-state index is 3.65. The molecule has 0 nitrogen and oxygen atoms in total. The lowest BCUT2D eigenvalue weighted by Gasteiger charge is -2.28. The molecular formula is C5H12Br2Si. The molecule has 0 heterocycles. The molecule has 0 aromatic heterocycles. The van der Waals surface area contributed by atoms with Crippen molar-refractivity contribution in [2.45, 2.75) is 32.4 Å². The zero-order chi connectivity index (χ0) is 7.00. The van der Waals surface area contributed by atoms with Gasteiger partial charge in [0.1, 0.15) is 0 Å². The summed E-state index contributed by atoms with van der Waals surface area (Å²) in [5.74, 6) is 0. The quantitative estimate of drug-likeness (QED) is 0.460. The standard InChI is InChI=1S/C5H12Br2Si/c1-5(2,3)8(4,6)7/h1-4H3. The van der Waals surface area contributed by atoms with E-state index in [0.717, 1.165) is 0 Å². The van der Waals surface area contributed by atoms with Crippen molar-refractivity contribution in [2.24, 2.45) is 0 Å². The SMILES string of the molecule is CC(C)(C)[Si](C)(Br)Br. The number of rotatable bonds is 0. The Morgan fingerprint density at radius 1 is 1.12 bits per heavy atom. The van der Waals surface area contributed by atoms with Crippen LogP contribution in [0.5, 0.6) is 0 Å². The third kappa shape index (κ3) is 2.64. The smallest absolute Gasteiger partial charge is 0.111 e. The number of halogens is 2. The summed E-state index contributed by atoms with van der Waals surface area (Å²) in [5.41, 5.74) is 0. The third-order valence-electron chi connectivity index (χ3n) is 1.32. The van der Waals surface area contributed by atoms with Crippen LogP contribution in [0, 0.1) is 0 Å². The van der Waals surface area contributed by atoms with E-state index >= 15 is 0 Å². The molecule has 0 saturated carbocycles. The summed E-state index contributed by atoms with van der Waals surface area (Å²) in [6.07, 6.45) is 0. The second-order valence-electron chi connectivity index (χ2n) is 3.14. The zero-order valence-electron chi connectivity index (χ0n) is 5.76. The van der Waals surface area contributed by atoms with Crippen molar-refractivity contribution < 1.29 is 0 Å². The monoisotopic (exact) mass is 258 g/mol. The van der Waals surface area contributed by atoms with Crippen molar-refractivity contribution >= 4 is 35.9 Å². The van der Waals surface area contributed by atoms with Crippen LogP contribution < -0.4 is 0 Å². The Morgan fingerprint density at radius 2 is 1.25 bits per heavy atom. The van der Waals surface area contributed by atoms with E-state index < -0.39 is 5.31 Å². The molecule has 0 amide bonds. The minimum Gasteiger partial charge on any atom is -0.111 e. The molecule has 3 heteroatoms. The van der Waals surface area contributed by atoms with Crippen LogP contribution >= 0.6 is 30.6 Å². The minimum absolute atomic E-state index is 0.410. The highest BCUT2D eigenvalue weighted by Crippen LogP contribution is 2.44. The summed E-state index contributed by atoms with van der Waals surface area (Å²) in [6, 6.07) is 0. The molecule has 0 atom stereocenters. The summed E-state index contributed by atoms with van der Waals surface area (Å²) in [5, 5.41) is -0.824. The van der Waals surface area contributed by atoms with Gasteiger partial charge in [-0.25, -0.2) is 0 Å². The molecule has 50 valence electrons. The first-order chi connectivity index (χ1) is 3.25. The van der Waals surface area contributed by atoms with Gasteiger partial charge in [0, 0.05) is 0 Å². The molecule has 0 aliphatic rings. The Hall–Kier alpha value is 1.18. The third-order valence-corrected chi connectivity index (χ3v) is 11.1. The first-order valence-electron chi connectivity index (χ1n) is 2.63. The fourth-order valence-corrected chi connectivity index (χ4v) is 0. The Balaban J connectivity index is 4.02. The number of hydrogen-bond donors (Lipinski definition) is 0. The van der Waals surface area contributed by atoms with Crippen molar-refractivity contribution in [1.29, 1.82) is 0 Å². The normalized spacial score (nSPS) is 14.2. The van der Waals surface area contributed by atoms with E-state index in [4.69, 9.17) is 0 Å². The van der Waals surface area contributed by atoms with Gasteiger partial charge in [0.05, 0.1) is 0 Å². The fraction of sp³-hybridized carbons (Fsp3) is 1.00. The molecule has 0 spiro atoms. The molecule has 0 radical (unpaired) electrons. The van der Waals surface area contributed by atoms with Gasteiger partial charge in [0.25, 0.3) is 0 Å². The second kappa shape index (κ2) is 2.43. The van der Waals surface area contributed by atoms with E-state index in [-0.39, 0.29) is 0 Å². The van der Waals surface area contributed by atoms with Crippen LogP contribution in [-0.2, 0) is 0 Å². The highest BCUT2D eigenvalue weighted by molar-refractivity contribution is 9.51. The molecule has 0 aromatic carbocycles. The van der Waals surface area contributed by atoms with E-state index in [1.807, 2.05) is 0 Å². The van der Waals surface area contributed by atoms with Gasteiger partial charge in [-0.3, -0.25) is 0 Å². The van der Waals surface area contributed by atoms with Crippen LogP contribution in [0.3, 0.4) is 0 Å². The lowest BCUT2D eigenvalue weighted by atomic mass is 10.3. The minimum atomic E-state index is -1.23. The Labute approximate surface area is 68.2 Å². The lowest BCUT2D eigenvalue weighted by Crippen LogP contribution is -2.25. The van der Waals surface area contributed by atoms with Crippen molar-refractivity contribution in [2.75, 3.05) is 0 Å². The molecule has 0 aliphatic heterocycles. The molecule has 0 aliphatic carbocycles. The molecule has 0 saturated heterocycles. The molecular weight excluding hydrogens is 248 g/mol. The van der Waals surface area contributed by atoms with Crippen molar-refractivity contribution in [3.8, 4) is 0 Å². The maximum absolute atomic E-state index is 3.65.